The Bertz CT molecular complexity index is 688. The van der Waals surface area contributed by atoms with E-state index in [4.69, 9.17) is 5.11 Å². The molecular weight excluding hydrogens is 280 g/mol. The number of benzene rings is 1. The van der Waals surface area contributed by atoms with Gasteiger partial charge in [0.25, 0.3) is 5.69 Å². The van der Waals surface area contributed by atoms with Gasteiger partial charge in [0.1, 0.15) is 5.03 Å². The van der Waals surface area contributed by atoms with Crippen LogP contribution in [0.25, 0.3) is 0 Å². The molecule has 0 saturated carbocycles. The summed E-state index contributed by atoms with van der Waals surface area (Å²) in [5.74, 6) is -1.02. The van der Waals surface area contributed by atoms with Crippen molar-refractivity contribution in [1.29, 1.82) is 0 Å². The largest absolute Gasteiger partial charge is 0.478 e. The molecule has 0 saturated heterocycles. The van der Waals surface area contributed by atoms with Crippen LogP contribution >= 0.6 is 11.8 Å². The summed E-state index contributed by atoms with van der Waals surface area (Å²) >= 11 is 1.18. The molecule has 0 amide bonds. The van der Waals surface area contributed by atoms with Crippen molar-refractivity contribution in [2.24, 2.45) is 0 Å². The van der Waals surface area contributed by atoms with Crippen molar-refractivity contribution in [2.45, 2.75) is 16.8 Å². The summed E-state index contributed by atoms with van der Waals surface area (Å²) in [5, 5.41) is 20.2. The number of aryl methyl sites for hydroxylation is 1. The standard InChI is InChI=1S/C13H10N2O4S/c1-8-7-14-12(6-11(8)15(18)19)20-10-4-2-3-9(5-10)13(16)17/h2-7H,1H3,(H,16,17). The van der Waals surface area contributed by atoms with Crippen LogP contribution in [-0.2, 0) is 0 Å². The van der Waals surface area contributed by atoms with Crippen molar-refractivity contribution < 1.29 is 14.8 Å². The number of carbonyl (C=O) groups is 1. The molecule has 0 radical (unpaired) electrons. The molecule has 102 valence electrons. The molecule has 1 aromatic carbocycles. The lowest BCUT2D eigenvalue weighted by atomic mass is 10.2. The van der Waals surface area contributed by atoms with Gasteiger partial charge >= 0.3 is 5.97 Å². The van der Waals surface area contributed by atoms with Gasteiger partial charge in [0.2, 0.25) is 0 Å². The number of aromatic nitrogens is 1. The fourth-order valence-electron chi connectivity index (χ4n) is 1.56. The first-order valence-electron chi connectivity index (χ1n) is 5.59. The first kappa shape index (κ1) is 14.0. The molecule has 0 bridgehead atoms. The van der Waals surface area contributed by atoms with Crippen molar-refractivity contribution in [3.05, 3.63) is 57.8 Å². The van der Waals surface area contributed by atoms with Gasteiger partial charge in [-0.3, -0.25) is 10.1 Å². The second-order valence-corrected chi connectivity index (χ2v) is 5.09. The van der Waals surface area contributed by atoms with E-state index in [1.54, 1.807) is 19.1 Å². The Morgan fingerprint density at radius 2 is 2.15 bits per heavy atom. The van der Waals surface area contributed by atoms with E-state index in [1.165, 1.54) is 36.2 Å². The van der Waals surface area contributed by atoms with E-state index < -0.39 is 10.9 Å². The van der Waals surface area contributed by atoms with Crippen LogP contribution in [0.5, 0.6) is 0 Å². The van der Waals surface area contributed by atoms with Crippen molar-refractivity contribution in [3.8, 4) is 0 Å². The predicted molar refractivity (Wildman–Crippen MR) is 73.2 cm³/mol. The molecule has 6 nitrogen and oxygen atoms in total. The number of aromatic carboxylic acids is 1. The molecule has 0 spiro atoms. The van der Waals surface area contributed by atoms with Gasteiger partial charge in [-0.15, -0.1) is 0 Å². The van der Waals surface area contributed by atoms with Crippen molar-refractivity contribution in [3.63, 3.8) is 0 Å². The van der Waals surface area contributed by atoms with Gasteiger partial charge in [-0.2, -0.15) is 0 Å². The quantitative estimate of drug-likeness (QED) is 0.686. The third kappa shape index (κ3) is 3.12. The van der Waals surface area contributed by atoms with E-state index in [-0.39, 0.29) is 11.3 Å². The van der Waals surface area contributed by atoms with Gasteiger partial charge in [-0.1, -0.05) is 17.8 Å². The summed E-state index contributed by atoms with van der Waals surface area (Å²) < 4.78 is 0. The van der Waals surface area contributed by atoms with Gasteiger partial charge in [-0.25, -0.2) is 9.78 Å². The highest BCUT2D eigenvalue weighted by Gasteiger charge is 2.13. The zero-order chi connectivity index (χ0) is 14.7. The predicted octanol–water partition coefficient (Wildman–Crippen LogP) is 3.15. The van der Waals surface area contributed by atoms with Crippen LogP contribution in [-0.4, -0.2) is 21.0 Å². The van der Waals surface area contributed by atoms with Crippen LogP contribution in [0.4, 0.5) is 5.69 Å². The van der Waals surface area contributed by atoms with Crippen molar-refractivity contribution in [2.75, 3.05) is 0 Å². The summed E-state index contributed by atoms with van der Waals surface area (Å²) in [4.78, 5) is 26.0. The second-order valence-electron chi connectivity index (χ2n) is 4.00. The molecule has 0 unspecified atom stereocenters. The fourth-order valence-corrected chi connectivity index (χ4v) is 2.41. The summed E-state index contributed by atoms with van der Waals surface area (Å²) in [5.41, 5.74) is 0.645. The van der Waals surface area contributed by atoms with Crippen LogP contribution in [0.2, 0.25) is 0 Å². The fraction of sp³-hybridized carbons (Fsp3) is 0.0769. The van der Waals surface area contributed by atoms with Crippen molar-refractivity contribution in [1.82, 2.24) is 4.98 Å². The van der Waals surface area contributed by atoms with E-state index in [9.17, 15) is 14.9 Å². The lowest BCUT2D eigenvalue weighted by Crippen LogP contribution is -1.96. The smallest absolute Gasteiger partial charge is 0.335 e. The normalized spacial score (nSPS) is 10.2. The average Bonchev–Trinajstić information content (AvgIpc) is 2.41. The highest BCUT2D eigenvalue weighted by molar-refractivity contribution is 7.99. The molecule has 1 aromatic heterocycles. The van der Waals surface area contributed by atoms with E-state index in [0.29, 0.717) is 15.5 Å². The van der Waals surface area contributed by atoms with Gasteiger partial charge in [0.15, 0.2) is 0 Å². The lowest BCUT2D eigenvalue weighted by Gasteiger charge is -2.03. The highest BCUT2D eigenvalue weighted by Crippen LogP contribution is 2.30. The number of rotatable bonds is 4. The van der Waals surface area contributed by atoms with Gasteiger partial charge in [0, 0.05) is 22.7 Å². The monoisotopic (exact) mass is 290 g/mol. The molecule has 0 aliphatic rings. The third-order valence-corrected chi connectivity index (χ3v) is 3.47. The topological polar surface area (TPSA) is 93.3 Å². The Morgan fingerprint density at radius 1 is 1.40 bits per heavy atom. The van der Waals surface area contributed by atoms with Crippen LogP contribution in [0.15, 0.2) is 46.5 Å². The second kappa shape index (κ2) is 5.70. The summed E-state index contributed by atoms with van der Waals surface area (Å²) in [6.45, 7) is 1.62. The number of carboxylic acids is 1. The average molecular weight is 290 g/mol. The Hall–Kier alpha value is -2.41. The van der Waals surface area contributed by atoms with Gasteiger partial charge in [0.05, 0.1) is 10.5 Å². The van der Waals surface area contributed by atoms with Crippen LogP contribution in [0, 0.1) is 17.0 Å². The SMILES string of the molecule is Cc1cnc(Sc2cccc(C(=O)O)c2)cc1[N+](=O)[O-]. The first-order valence-corrected chi connectivity index (χ1v) is 6.41. The number of nitrogens with zero attached hydrogens (tertiary/aromatic N) is 2. The minimum absolute atomic E-state index is 0.00288. The van der Waals surface area contributed by atoms with E-state index in [1.807, 2.05) is 0 Å². The molecule has 2 aromatic rings. The Labute approximate surface area is 118 Å². The molecule has 0 atom stereocenters. The number of hydrogen-bond donors (Lipinski definition) is 1. The zero-order valence-electron chi connectivity index (χ0n) is 10.4. The molecule has 0 aliphatic heterocycles. The summed E-state index contributed by atoms with van der Waals surface area (Å²) in [6.07, 6.45) is 1.43. The summed E-state index contributed by atoms with van der Waals surface area (Å²) in [7, 11) is 0. The lowest BCUT2D eigenvalue weighted by molar-refractivity contribution is -0.385. The van der Waals surface area contributed by atoms with E-state index >= 15 is 0 Å². The Kier molecular flexibility index (Phi) is 3.99. The minimum atomic E-state index is -1.02. The van der Waals surface area contributed by atoms with Crippen LogP contribution < -0.4 is 0 Å². The van der Waals surface area contributed by atoms with E-state index in [0.717, 1.165) is 0 Å². The number of hydrogen-bond acceptors (Lipinski definition) is 5. The molecule has 7 heteroatoms. The molecule has 20 heavy (non-hydrogen) atoms. The van der Waals surface area contributed by atoms with Crippen LogP contribution in [0.1, 0.15) is 15.9 Å². The zero-order valence-corrected chi connectivity index (χ0v) is 11.3. The number of pyridine rings is 1. The maximum absolute atomic E-state index is 10.9. The molecular formula is C13H10N2O4S. The number of carboxylic acid groups (broad SMARTS) is 1. The number of nitro groups is 1. The Balaban J connectivity index is 2.30. The maximum atomic E-state index is 10.9. The highest BCUT2D eigenvalue weighted by atomic mass is 32.2. The third-order valence-electron chi connectivity index (χ3n) is 2.55. The van der Waals surface area contributed by atoms with Gasteiger partial charge in [-0.05, 0) is 25.1 Å². The van der Waals surface area contributed by atoms with Crippen LogP contribution in [0.3, 0.4) is 0 Å². The molecule has 1 N–H and O–H groups in total. The van der Waals surface area contributed by atoms with E-state index in [2.05, 4.69) is 4.98 Å². The summed E-state index contributed by atoms with van der Waals surface area (Å²) in [6, 6.07) is 7.71. The first-order chi connectivity index (χ1) is 9.47. The molecule has 2 rings (SSSR count). The van der Waals surface area contributed by atoms with Gasteiger partial charge < -0.3 is 5.11 Å². The maximum Gasteiger partial charge on any atom is 0.335 e. The van der Waals surface area contributed by atoms with Crippen molar-refractivity contribution >= 4 is 23.4 Å². The molecule has 0 aliphatic carbocycles. The Morgan fingerprint density at radius 3 is 2.80 bits per heavy atom. The molecule has 1 heterocycles. The minimum Gasteiger partial charge on any atom is -0.478 e. The molecule has 0 fully saturated rings.